The summed E-state index contributed by atoms with van der Waals surface area (Å²) in [6.07, 6.45) is 2.82. The molecule has 9 heteroatoms. The van der Waals surface area contributed by atoms with Gasteiger partial charge in [-0.15, -0.1) is 0 Å². The van der Waals surface area contributed by atoms with Crippen molar-refractivity contribution in [1.82, 2.24) is 20.4 Å². The third-order valence-electron chi connectivity index (χ3n) is 5.44. The molecule has 4 rings (SSSR count). The number of nitrogens with zero attached hydrogens (tertiary/aromatic N) is 2. The number of piperidine rings is 1. The van der Waals surface area contributed by atoms with Gasteiger partial charge >= 0.3 is 0 Å². The first-order valence-corrected chi connectivity index (χ1v) is 9.41. The second kappa shape index (κ2) is 7.16. The summed E-state index contributed by atoms with van der Waals surface area (Å²) in [5.41, 5.74) is 1.47. The van der Waals surface area contributed by atoms with Gasteiger partial charge < -0.3 is 10.2 Å². The predicted octanol–water partition coefficient (Wildman–Crippen LogP) is -0.0766. The van der Waals surface area contributed by atoms with Gasteiger partial charge in [-0.3, -0.25) is 34.2 Å². The molecule has 0 bridgehead atoms. The van der Waals surface area contributed by atoms with E-state index in [1.165, 1.54) is 6.07 Å². The maximum atomic E-state index is 13.0. The maximum Gasteiger partial charge on any atom is 0.267 e. The van der Waals surface area contributed by atoms with Gasteiger partial charge in [0, 0.05) is 26.6 Å². The topological polar surface area (TPSA) is 116 Å². The van der Waals surface area contributed by atoms with Crippen molar-refractivity contribution in [2.45, 2.75) is 31.8 Å². The lowest BCUT2D eigenvalue weighted by atomic mass is 10.0. The van der Waals surface area contributed by atoms with E-state index >= 15 is 0 Å². The molecular weight excluding hydrogens is 376 g/mol. The number of rotatable bonds is 4. The summed E-state index contributed by atoms with van der Waals surface area (Å²) in [5.74, 6) is -2.46. The smallest absolute Gasteiger partial charge is 0.267 e. The molecule has 1 fully saturated rings. The average Bonchev–Trinajstić information content (AvgIpc) is 3.23. The van der Waals surface area contributed by atoms with E-state index in [2.05, 4.69) is 10.6 Å². The van der Waals surface area contributed by atoms with Crippen LogP contribution in [-0.2, 0) is 20.9 Å². The number of carbonyl (C=O) groups is 5. The van der Waals surface area contributed by atoms with Crippen LogP contribution in [-0.4, -0.2) is 59.0 Å². The van der Waals surface area contributed by atoms with Gasteiger partial charge in [0.15, 0.2) is 0 Å². The number of likely N-dealkylation sites (N-methyl/N-ethyl adjacent to an activating group) is 1. The van der Waals surface area contributed by atoms with Crippen LogP contribution in [0.5, 0.6) is 0 Å². The average molecular weight is 396 g/mol. The van der Waals surface area contributed by atoms with Crippen molar-refractivity contribution in [2.75, 3.05) is 13.6 Å². The zero-order valence-corrected chi connectivity index (χ0v) is 15.9. The Bertz CT molecular complexity index is 983. The summed E-state index contributed by atoms with van der Waals surface area (Å²) in [5, 5.41) is 4.96. The summed E-state index contributed by atoms with van der Waals surface area (Å²) in [6, 6.07) is 3.82. The number of imide groups is 2. The molecule has 0 saturated carbocycles. The third kappa shape index (κ3) is 3.18. The number of carbonyl (C=O) groups excluding carboxylic acids is 5. The number of hydrogen-bond donors (Lipinski definition) is 2. The lowest BCUT2D eigenvalue weighted by Crippen LogP contribution is -2.54. The molecule has 0 radical (unpaired) electrons. The van der Waals surface area contributed by atoms with E-state index < -0.39 is 29.7 Å². The molecule has 0 aliphatic carbocycles. The molecule has 3 aliphatic rings. The maximum absolute atomic E-state index is 13.0. The molecule has 1 saturated heterocycles. The van der Waals surface area contributed by atoms with Gasteiger partial charge in [0.05, 0.1) is 16.8 Å². The Morgan fingerprint density at radius 2 is 2.00 bits per heavy atom. The van der Waals surface area contributed by atoms with Gasteiger partial charge in [0.1, 0.15) is 6.04 Å². The van der Waals surface area contributed by atoms with E-state index in [0.29, 0.717) is 11.3 Å². The SMILES string of the molecule is CN1CCC=C1C(=O)NCc1cccc2c1C(=O)N(C1CCC(=O)NC1=O)C2=O. The fraction of sp³-hybridized carbons (Fsp3) is 0.350. The quantitative estimate of drug-likeness (QED) is 0.688. The molecule has 9 nitrogen and oxygen atoms in total. The fourth-order valence-corrected chi connectivity index (χ4v) is 3.94. The minimum absolute atomic E-state index is 0.0648. The molecule has 1 aromatic carbocycles. The van der Waals surface area contributed by atoms with Crippen LogP contribution in [0.3, 0.4) is 0 Å². The van der Waals surface area contributed by atoms with Crippen LogP contribution < -0.4 is 10.6 Å². The summed E-state index contributed by atoms with van der Waals surface area (Å²) in [6.45, 7) is 0.854. The molecule has 3 heterocycles. The van der Waals surface area contributed by atoms with E-state index in [1.807, 2.05) is 18.0 Å². The molecule has 1 aromatic rings. The van der Waals surface area contributed by atoms with E-state index in [-0.39, 0.29) is 36.4 Å². The van der Waals surface area contributed by atoms with E-state index in [0.717, 1.165) is 17.9 Å². The van der Waals surface area contributed by atoms with E-state index in [1.54, 1.807) is 12.1 Å². The fourth-order valence-electron chi connectivity index (χ4n) is 3.94. The van der Waals surface area contributed by atoms with Crippen molar-refractivity contribution in [1.29, 1.82) is 0 Å². The van der Waals surface area contributed by atoms with Crippen LogP contribution in [0.15, 0.2) is 30.0 Å². The van der Waals surface area contributed by atoms with E-state index in [9.17, 15) is 24.0 Å². The van der Waals surface area contributed by atoms with Crippen LogP contribution in [0.4, 0.5) is 0 Å². The Morgan fingerprint density at radius 1 is 1.21 bits per heavy atom. The number of fused-ring (bicyclic) bond motifs is 1. The van der Waals surface area contributed by atoms with Crippen LogP contribution in [0.25, 0.3) is 0 Å². The predicted molar refractivity (Wildman–Crippen MR) is 100 cm³/mol. The zero-order valence-electron chi connectivity index (χ0n) is 15.9. The molecule has 1 atom stereocenters. The summed E-state index contributed by atoms with van der Waals surface area (Å²) < 4.78 is 0. The zero-order chi connectivity index (χ0) is 20.7. The van der Waals surface area contributed by atoms with Crippen LogP contribution in [0.2, 0.25) is 0 Å². The highest BCUT2D eigenvalue weighted by Crippen LogP contribution is 2.30. The van der Waals surface area contributed by atoms with Crippen LogP contribution in [0, 0.1) is 0 Å². The lowest BCUT2D eigenvalue weighted by molar-refractivity contribution is -0.136. The molecule has 0 spiro atoms. The molecule has 3 aliphatic heterocycles. The highest BCUT2D eigenvalue weighted by molar-refractivity contribution is 6.24. The largest absolute Gasteiger partial charge is 0.370 e. The Balaban J connectivity index is 1.56. The lowest BCUT2D eigenvalue weighted by Gasteiger charge is -2.27. The Morgan fingerprint density at radius 3 is 2.69 bits per heavy atom. The van der Waals surface area contributed by atoms with Crippen molar-refractivity contribution < 1.29 is 24.0 Å². The minimum Gasteiger partial charge on any atom is -0.370 e. The Kier molecular flexibility index (Phi) is 4.65. The first-order valence-electron chi connectivity index (χ1n) is 9.41. The van der Waals surface area contributed by atoms with Gasteiger partial charge in [-0.2, -0.15) is 0 Å². The van der Waals surface area contributed by atoms with Gasteiger partial charge in [-0.25, -0.2) is 0 Å². The molecule has 5 amide bonds. The molecule has 0 aromatic heterocycles. The summed E-state index contributed by atoms with van der Waals surface area (Å²) in [4.78, 5) is 64.5. The molecule has 150 valence electrons. The van der Waals surface area contributed by atoms with Crippen LogP contribution in [0.1, 0.15) is 45.5 Å². The minimum atomic E-state index is -1.01. The van der Waals surface area contributed by atoms with Crippen molar-refractivity contribution >= 4 is 29.5 Å². The number of amides is 5. The molecule has 2 N–H and O–H groups in total. The first kappa shape index (κ1) is 18.9. The van der Waals surface area contributed by atoms with E-state index in [4.69, 9.17) is 0 Å². The summed E-state index contributed by atoms with van der Waals surface area (Å²) in [7, 11) is 1.83. The first-order chi connectivity index (χ1) is 13.9. The number of benzene rings is 1. The molecular formula is C20H20N4O5. The number of hydrogen-bond acceptors (Lipinski definition) is 6. The monoisotopic (exact) mass is 396 g/mol. The number of nitrogens with one attached hydrogen (secondary N) is 2. The second-order valence-corrected chi connectivity index (χ2v) is 7.27. The Hall–Kier alpha value is -3.49. The van der Waals surface area contributed by atoms with Crippen molar-refractivity contribution in [3.8, 4) is 0 Å². The summed E-state index contributed by atoms with van der Waals surface area (Å²) >= 11 is 0. The Labute approximate surface area is 166 Å². The normalized spacial score (nSPS) is 21.3. The van der Waals surface area contributed by atoms with Gasteiger partial charge in [-0.1, -0.05) is 18.2 Å². The van der Waals surface area contributed by atoms with Crippen molar-refractivity contribution in [3.63, 3.8) is 0 Å². The molecule has 1 unspecified atom stereocenters. The van der Waals surface area contributed by atoms with Crippen molar-refractivity contribution in [3.05, 3.63) is 46.7 Å². The highest BCUT2D eigenvalue weighted by Gasteiger charge is 2.45. The van der Waals surface area contributed by atoms with Gasteiger partial charge in [0.25, 0.3) is 17.7 Å². The highest BCUT2D eigenvalue weighted by atomic mass is 16.2. The third-order valence-corrected chi connectivity index (χ3v) is 5.44. The molecule has 29 heavy (non-hydrogen) atoms. The van der Waals surface area contributed by atoms with Gasteiger partial charge in [-0.05, 0) is 24.5 Å². The van der Waals surface area contributed by atoms with Crippen molar-refractivity contribution in [2.24, 2.45) is 0 Å². The second-order valence-electron chi connectivity index (χ2n) is 7.27. The standard InChI is InChI=1S/C20H20N4O5/c1-23-9-3-6-13(23)17(26)21-10-11-4-2-5-12-16(11)20(29)24(19(12)28)14-7-8-15(25)22-18(14)27/h2,4-6,14H,3,7-10H2,1H3,(H,21,26)(H,22,25,27). The van der Waals surface area contributed by atoms with Gasteiger partial charge in [0.2, 0.25) is 11.8 Å². The van der Waals surface area contributed by atoms with Crippen LogP contribution >= 0.6 is 0 Å².